The highest BCUT2D eigenvalue weighted by Gasteiger charge is 2.15. The third kappa shape index (κ3) is 6.26. The molecule has 5 nitrogen and oxygen atoms in total. The summed E-state index contributed by atoms with van der Waals surface area (Å²) in [7, 11) is 0. The molecule has 0 radical (unpaired) electrons. The van der Waals surface area contributed by atoms with Crippen LogP contribution in [0.2, 0.25) is 5.02 Å². The first-order chi connectivity index (χ1) is 12.9. The number of rotatable bonds is 8. The van der Waals surface area contributed by atoms with Gasteiger partial charge in [0.05, 0.1) is 22.9 Å². The summed E-state index contributed by atoms with van der Waals surface area (Å²) in [6.45, 7) is 4.45. The first kappa shape index (κ1) is 21.3. The Morgan fingerprint density at radius 3 is 2.56 bits per heavy atom. The van der Waals surface area contributed by atoms with Gasteiger partial charge in [-0.1, -0.05) is 41.4 Å². The summed E-state index contributed by atoms with van der Waals surface area (Å²) < 4.78 is 6.43. The Kier molecular flexibility index (Phi) is 8.13. The van der Waals surface area contributed by atoms with Crippen LogP contribution in [0.1, 0.15) is 43.5 Å². The summed E-state index contributed by atoms with van der Waals surface area (Å²) in [5.41, 5.74) is 1.39. The molecular formula is C20H22BrClN2O3. The lowest BCUT2D eigenvalue weighted by atomic mass is 10.1. The molecule has 144 valence electrons. The minimum atomic E-state index is -0.346. The largest absolute Gasteiger partial charge is 0.493 e. The number of nitrogens with one attached hydrogen (secondary N) is 2. The summed E-state index contributed by atoms with van der Waals surface area (Å²) >= 11 is 9.59. The predicted molar refractivity (Wildman–Crippen MR) is 113 cm³/mol. The molecule has 2 amide bonds. The summed E-state index contributed by atoms with van der Waals surface area (Å²) in [5.74, 6) is 0.0711. The van der Waals surface area contributed by atoms with Crippen LogP contribution in [0.4, 0.5) is 11.4 Å². The zero-order valence-corrected chi connectivity index (χ0v) is 17.6. The number of carbonyl (C=O) groups excluding carboxylic acids is 2. The molecule has 0 fully saturated rings. The highest BCUT2D eigenvalue weighted by Crippen LogP contribution is 2.29. The Morgan fingerprint density at radius 1 is 1.07 bits per heavy atom. The van der Waals surface area contributed by atoms with Gasteiger partial charge in [0.15, 0.2) is 0 Å². The van der Waals surface area contributed by atoms with Gasteiger partial charge in [0.2, 0.25) is 5.91 Å². The van der Waals surface area contributed by atoms with Gasteiger partial charge in [0, 0.05) is 16.6 Å². The van der Waals surface area contributed by atoms with Gasteiger partial charge < -0.3 is 15.4 Å². The monoisotopic (exact) mass is 452 g/mol. The predicted octanol–water partition coefficient (Wildman–Crippen LogP) is 5.88. The Bertz CT molecular complexity index is 827. The van der Waals surface area contributed by atoms with Crippen molar-refractivity contribution in [2.75, 3.05) is 17.2 Å². The third-order valence-corrected chi connectivity index (χ3v) is 4.45. The summed E-state index contributed by atoms with van der Waals surface area (Å²) in [6.07, 6.45) is 2.02. The van der Waals surface area contributed by atoms with Crippen LogP contribution < -0.4 is 15.4 Å². The lowest BCUT2D eigenvalue weighted by Crippen LogP contribution is -2.15. The fourth-order valence-electron chi connectivity index (χ4n) is 2.36. The molecule has 7 heteroatoms. The molecule has 0 spiro atoms. The van der Waals surface area contributed by atoms with Gasteiger partial charge in [-0.15, -0.1) is 0 Å². The molecule has 27 heavy (non-hydrogen) atoms. The van der Waals surface area contributed by atoms with Crippen molar-refractivity contribution >= 4 is 50.7 Å². The molecule has 2 aromatic rings. The van der Waals surface area contributed by atoms with E-state index in [9.17, 15) is 9.59 Å². The van der Waals surface area contributed by atoms with Crippen molar-refractivity contribution < 1.29 is 14.3 Å². The van der Waals surface area contributed by atoms with Crippen molar-refractivity contribution in [3.8, 4) is 5.75 Å². The SMILES string of the molecule is CCCOc1ccc(Br)cc1C(=O)Nc1cc(NC(=O)CCC)ccc1Cl. The van der Waals surface area contributed by atoms with Crippen molar-refractivity contribution in [3.63, 3.8) is 0 Å². The Morgan fingerprint density at radius 2 is 1.85 bits per heavy atom. The fourth-order valence-corrected chi connectivity index (χ4v) is 2.88. The van der Waals surface area contributed by atoms with E-state index in [1.54, 1.807) is 30.3 Å². The summed E-state index contributed by atoms with van der Waals surface area (Å²) in [5, 5.41) is 5.96. The minimum Gasteiger partial charge on any atom is -0.493 e. The number of hydrogen-bond acceptors (Lipinski definition) is 3. The number of ether oxygens (including phenoxy) is 1. The molecule has 0 saturated heterocycles. The van der Waals surface area contributed by atoms with Crippen LogP contribution in [0.25, 0.3) is 0 Å². The Balaban J connectivity index is 2.22. The minimum absolute atomic E-state index is 0.0839. The van der Waals surface area contributed by atoms with Gasteiger partial charge in [-0.2, -0.15) is 0 Å². The molecule has 2 N–H and O–H groups in total. The van der Waals surface area contributed by atoms with Crippen molar-refractivity contribution in [2.45, 2.75) is 33.1 Å². The zero-order valence-electron chi connectivity index (χ0n) is 15.3. The van der Waals surface area contributed by atoms with Crippen molar-refractivity contribution in [1.29, 1.82) is 0 Å². The van der Waals surface area contributed by atoms with Crippen molar-refractivity contribution in [2.24, 2.45) is 0 Å². The number of anilines is 2. The van der Waals surface area contributed by atoms with E-state index in [4.69, 9.17) is 16.3 Å². The molecule has 0 bridgehead atoms. The van der Waals surface area contributed by atoms with Crippen LogP contribution in [0.3, 0.4) is 0 Å². The molecule has 0 atom stereocenters. The van der Waals surface area contributed by atoms with Gasteiger partial charge in [0.1, 0.15) is 5.75 Å². The lowest BCUT2D eigenvalue weighted by Gasteiger charge is -2.13. The van der Waals surface area contributed by atoms with Gasteiger partial charge in [0.25, 0.3) is 5.91 Å². The molecule has 0 unspecified atom stereocenters. The topological polar surface area (TPSA) is 67.4 Å². The highest BCUT2D eigenvalue weighted by molar-refractivity contribution is 9.10. The molecule has 0 aliphatic rings. The van der Waals surface area contributed by atoms with E-state index in [-0.39, 0.29) is 11.8 Å². The molecule has 2 aromatic carbocycles. The van der Waals surface area contributed by atoms with Gasteiger partial charge in [-0.3, -0.25) is 9.59 Å². The number of benzene rings is 2. The number of halogens is 2. The van der Waals surface area contributed by atoms with E-state index in [1.165, 1.54) is 0 Å². The average Bonchev–Trinajstić information content (AvgIpc) is 2.63. The maximum Gasteiger partial charge on any atom is 0.259 e. The number of hydrogen-bond donors (Lipinski definition) is 2. The highest BCUT2D eigenvalue weighted by atomic mass is 79.9. The Hall–Kier alpha value is -2.05. The normalized spacial score (nSPS) is 10.4. The van der Waals surface area contributed by atoms with Crippen LogP contribution in [0.15, 0.2) is 40.9 Å². The molecule has 0 heterocycles. The molecule has 0 saturated carbocycles. The van der Waals surface area contributed by atoms with Gasteiger partial charge in [-0.05, 0) is 49.2 Å². The first-order valence-corrected chi connectivity index (χ1v) is 9.94. The molecule has 2 rings (SSSR count). The Labute approximate surface area is 172 Å². The number of amides is 2. The van der Waals surface area contributed by atoms with Crippen molar-refractivity contribution in [1.82, 2.24) is 0 Å². The van der Waals surface area contributed by atoms with Crippen LogP contribution in [-0.2, 0) is 4.79 Å². The van der Waals surface area contributed by atoms with Crippen LogP contribution >= 0.6 is 27.5 Å². The lowest BCUT2D eigenvalue weighted by molar-refractivity contribution is -0.116. The van der Waals surface area contributed by atoms with E-state index in [1.807, 2.05) is 19.9 Å². The van der Waals surface area contributed by atoms with Crippen LogP contribution in [0, 0.1) is 0 Å². The molecule has 0 aliphatic carbocycles. The van der Waals surface area contributed by atoms with E-state index in [0.717, 1.165) is 17.3 Å². The molecule has 0 aromatic heterocycles. The summed E-state index contributed by atoms with van der Waals surface area (Å²) in [4.78, 5) is 24.6. The quantitative estimate of drug-likeness (QED) is 0.524. The molecular weight excluding hydrogens is 432 g/mol. The average molecular weight is 454 g/mol. The smallest absolute Gasteiger partial charge is 0.259 e. The summed E-state index contributed by atoms with van der Waals surface area (Å²) in [6, 6.07) is 10.2. The van der Waals surface area contributed by atoms with E-state index in [2.05, 4.69) is 26.6 Å². The molecule has 0 aliphatic heterocycles. The fraction of sp³-hybridized carbons (Fsp3) is 0.300. The van der Waals surface area contributed by atoms with E-state index >= 15 is 0 Å². The maximum absolute atomic E-state index is 12.8. The van der Waals surface area contributed by atoms with E-state index < -0.39 is 0 Å². The van der Waals surface area contributed by atoms with Gasteiger partial charge >= 0.3 is 0 Å². The van der Waals surface area contributed by atoms with Crippen LogP contribution in [0.5, 0.6) is 5.75 Å². The second kappa shape index (κ2) is 10.3. The second-order valence-corrected chi connectivity index (χ2v) is 7.26. The van der Waals surface area contributed by atoms with Crippen LogP contribution in [-0.4, -0.2) is 18.4 Å². The van der Waals surface area contributed by atoms with E-state index in [0.29, 0.717) is 40.7 Å². The number of carbonyl (C=O) groups is 2. The maximum atomic E-state index is 12.8. The standard InChI is InChI=1S/C20H22BrClN2O3/c1-3-5-19(25)23-14-7-8-16(22)17(12-14)24-20(26)15-11-13(21)6-9-18(15)27-10-4-2/h6-9,11-12H,3-5,10H2,1-2H3,(H,23,25)(H,24,26). The second-order valence-electron chi connectivity index (χ2n) is 5.94. The zero-order chi connectivity index (χ0) is 19.8. The first-order valence-electron chi connectivity index (χ1n) is 8.77. The van der Waals surface area contributed by atoms with Crippen molar-refractivity contribution in [3.05, 3.63) is 51.5 Å². The third-order valence-electron chi connectivity index (χ3n) is 3.62. The van der Waals surface area contributed by atoms with Gasteiger partial charge in [-0.25, -0.2) is 0 Å².